The van der Waals surface area contributed by atoms with Gasteiger partial charge in [0.2, 0.25) is 6.16 Å². The molecule has 0 spiro atoms. The molecule has 0 aromatic carbocycles. The molecule has 0 atom stereocenters. The van der Waals surface area contributed by atoms with Crippen LogP contribution in [0.5, 0.6) is 0 Å². The van der Waals surface area contributed by atoms with E-state index in [0.717, 1.165) is 0 Å². The molecule has 0 saturated carbocycles. The zero-order chi connectivity index (χ0) is 18.4. The molecule has 2 N–H and O–H groups in total. The second kappa shape index (κ2) is 11.4. The summed E-state index contributed by atoms with van der Waals surface area (Å²) in [5.41, 5.74) is 1.05. The Kier molecular flexibility index (Phi) is 11.3. The van der Waals surface area contributed by atoms with Crippen LogP contribution in [-0.4, -0.2) is 45.0 Å². The van der Waals surface area contributed by atoms with Gasteiger partial charge in [0.25, 0.3) is 0 Å². The fourth-order valence-electron chi connectivity index (χ4n) is 1.97. The Morgan fingerprint density at radius 2 is 1.96 bits per heavy atom. The number of hydrogen-bond acceptors (Lipinski definition) is 6. The first-order valence-corrected chi connectivity index (χ1v) is 7.34. The molecule has 9 nitrogen and oxygen atoms in total. The summed E-state index contributed by atoms with van der Waals surface area (Å²) in [6, 6.07) is 0. The number of ether oxygens (including phenoxy) is 1. The Labute approximate surface area is 213 Å². The smallest absolute Gasteiger partial charge is 0.565 e. The van der Waals surface area contributed by atoms with E-state index in [9.17, 15) is 9.59 Å². The van der Waals surface area contributed by atoms with Gasteiger partial charge >= 0.3 is 80.8 Å². The maximum absolute atomic E-state index is 11.4. The summed E-state index contributed by atoms with van der Waals surface area (Å²) >= 11 is 9.38. The van der Waals surface area contributed by atoms with Gasteiger partial charge in [-0.3, -0.25) is 9.59 Å². The number of carboxylic acids is 1. The molecule has 0 bridgehead atoms. The van der Waals surface area contributed by atoms with Crippen LogP contribution in [0.4, 0.5) is 4.79 Å². The van der Waals surface area contributed by atoms with Crippen molar-refractivity contribution in [2.24, 2.45) is 0 Å². The van der Waals surface area contributed by atoms with E-state index < -0.39 is 18.1 Å². The van der Waals surface area contributed by atoms with E-state index in [4.69, 9.17) is 31.7 Å². The Morgan fingerprint density at radius 3 is 2.44 bits per heavy atom. The van der Waals surface area contributed by atoms with Crippen LogP contribution in [0.25, 0.3) is 10.9 Å². The first-order valence-electron chi connectivity index (χ1n) is 6.17. The molecular weight excluding hydrogens is 544 g/mol. The summed E-state index contributed by atoms with van der Waals surface area (Å²) in [5, 5.41) is 25.1. The molecule has 25 heavy (non-hydrogen) atoms. The summed E-state index contributed by atoms with van der Waals surface area (Å²) in [6.45, 7) is -0.0650. The number of aromatic nitrogens is 2. The number of halogens is 2. The van der Waals surface area contributed by atoms with Gasteiger partial charge in [-0.2, -0.15) is 0 Å². The number of carbonyl (C=O) groups excluding carboxylic acids is 1. The van der Waals surface area contributed by atoms with Crippen LogP contribution in [-0.2, 0) is 27.3 Å². The van der Waals surface area contributed by atoms with Crippen molar-refractivity contribution < 1.29 is 103 Å². The van der Waals surface area contributed by atoms with Crippen molar-refractivity contribution in [3.63, 3.8) is 0 Å². The van der Waals surface area contributed by atoms with E-state index in [0.29, 0.717) is 20.9 Å². The molecule has 0 amide bonds. The first-order chi connectivity index (χ1) is 11.2. The van der Waals surface area contributed by atoms with Crippen LogP contribution < -0.4 is 74.0 Å². The molecule has 0 aliphatic rings. The standard InChI is InChI=1S/C12H10BrClN2O4.CH2O3.Cs/c1-20-9(19)5-16-4-6(2-8(17)18)10-7(13)3-15-12(14)11(10)16;2-1(3)4;/h3-4H,2,5H2,1H3,(H,17,18);(H2,2,3,4);/q;;+1/p-1. The molecule has 0 unspecified atom stereocenters. The number of nitrogens with zero attached hydrogens (tertiary/aromatic N) is 2. The van der Waals surface area contributed by atoms with Crippen molar-refractivity contribution in [2.75, 3.05) is 7.11 Å². The zero-order valence-electron chi connectivity index (χ0n) is 13.2. The van der Waals surface area contributed by atoms with E-state index in [-0.39, 0.29) is 87.0 Å². The number of hydrogen-bond donors (Lipinski definition) is 2. The molecule has 0 fully saturated rings. The van der Waals surface area contributed by atoms with Crippen LogP contribution in [0.15, 0.2) is 16.9 Å². The molecule has 2 aromatic rings. The summed E-state index contributed by atoms with van der Waals surface area (Å²) in [7, 11) is 1.28. The average molecular weight is 556 g/mol. The second-order valence-corrected chi connectivity index (χ2v) is 5.53. The van der Waals surface area contributed by atoms with Gasteiger partial charge in [0.05, 0.1) is 19.0 Å². The molecule has 0 aliphatic heterocycles. The van der Waals surface area contributed by atoms with E-state index in [1.807, 2.05) is 0 Å². The number of esters is 1. The largest absolute Gasteiger partial charge is 1.00 e. The minimum absolute atomic E-state index is 0. The summed E-state index contributed by atoms with van der Waals surface area (Å²) in [6.07, 6.45) is 0.816. The van der Waals surface area contributed by atoms with Gasteiger partial charge in [-0.15, -0.1) is 0 Å². The SMILES string of the molecule is COC(=O)Cn1cc(CC(=O)O)c2c(Br)cnc(Cl)c21.O=C([O-])O.[Cs+]. The minimum atomic E-state index is -2.08. The van der Waals surface area contributed by atoms with Gasteiger partial charge in [-0.1, -0.05) is 11.6 Å². The van der Waals surface area contributed by atoms with Crippen LogP contribution in [0, 0.1) is 0 Å². The number of pyridine rings is 1. The third-order valence-electron chi connectivity index (χ3n) is 2.75. The van der Waals surface area contributed by atoms with E-state index in [1.165, 1.54) is 13.3 Å². The second-order valence-electron chi connectivity index (χ2n) is 4.32. The molecule has 12 heteroatoms. The molecule has 0 radical (unpaired) electrons. The van der Waals surface area contributed by atoms with Gasteiger partial charge in [0.1, 0.15) is 6.54 Å². The molecule has 2 heterocycles. The van der Waals surface area contributed by atoms with E-state index >= 15 is 0 Å². The van der Waals surface area contributed by atoms with Gasteiger partial charge in [0.15, 0.2) is 5.15 Å². The summed E-state index contributed by atoms with van der Waals surface area (Å²) in [4.78, 5) is 34.8. The fraction of sp³-hybridized carbons (Fsp3) is 0.231. The normalized spacial score (nSPS) is 9.56. The maximum atomic E-state index is 11.4. The monoisotopic (exact) mass is 554 g/mol. The van der Waals surface area contributed by atoms with Crippen LogP contribution >= 0.6 is 27.5 Å². The fourth-order valence-corrected chi connectivity index (χ4v) is 2.76. The Bertz CT molecular complexity index is 792. The zero-order valence-corrected chi connectivity index (χ0v) is 21.8. The van der Waals surface area contributed by atoms with E-state index in [2.05, 4.69) is 25.7 Å². The molecule has 2 aromatic heterocycles. The van der Waals surface area contributed by atoms with E-state index in [1.54, 1.807) is 10.8 Å². The molecule has 0 aliphatic carbocycles. The van der Waals surface area contributed by atoms with Crippen molar-refractivity contribution in [1.82, 2.24) is 9.55 Å². The van der Waals surface area contributed by atoms with Crippen LogP contribution in [0.3, 0.4) is 0 Å². The van der Waals surface area contributed by atoms with Crippen molar-refractivity contribution in [2.45, 2.75) is 13.0 Å². The third-order valence-corrected chi connectivity index (χ3v) is 3.63. The summed E-state index contributed by atoms with van der Waals surface area (Å²) < 4.78 is 6.78. The molecule has 0 saturated heterocycles. The Balaban J connectivity index is 0.00000104. The third kappa shape index (κ3) is 7.47. The van der Waals surface area contributed by atoms with Gasteiger partial charge in [-0.05, 0) is 21.5 Å². The number of carboxylic acid groups (broad SMARTS) is 3. The predicted octanol–water partition coefficient (Wildman–Crippen LogP) is -1.86. The maximum Gasteiger partial charge on any atom is 1.00 e. The predicted molar refractivity (Wildman–Crippen MR) is 83.8 cm³/mol. The van der Waals surface area contributed by atoms with Crippen molar-refractivity contribution in [3.05, 3.63) is 27.6 Å². The van der Waals surface area contributed by atoms with Gasteiger partial charge in [-0.25, -0.2) is 4.98 Å². The van der Waals surface area contributed by atoms with Crippen molar-refractivity contribution >= 4 is 56.5 Å². The van der Waals surface area contributed by atoms with Crippen LogP contribution in [0.1, 0.15) is 5.56 Å². The average Bonchev–Trinajstić information content (AvgIpc) is 2.81. The molecular formula is C13H11BrClCsN2O7. The van der Waals surface area contributed by atoms with Gasteiger partial charge < -0.3 is 29.4 Å². The van der Waals surface area contributed by atoms with Crippen LogP contribution in [0.2, 0.25) is 5.15 Å². The number of fused-ring (bicyclic) bond motifs is 1. The minimum Gasteiger partial charge on any atom is -0.565 e. The summed E-state index contributed by atoms with van der Waals surface area (Å²) in [5.74, 6) is -1.43. The number of aliphatic carboxylic acids is 1. The molecule has 130 valence electrons. The number of rotatable bonds is 4. The van der Waals surface area contributed by atoms with Crippen molar-refractivity contribution in [3.8, 4) is 0 Å². The molecule has 2 rings (SSSR count). The quantitative estimate of drug-likeness (QED) is 0.331. The number of methoxy groups -OCH3 is 1. The Hall–Kier alpha value is -0.278. The topological polar surface area (TPSA) is 142 Å². The van der Waals surface area contributed by atoms with Gasteiger partial charge in [0, 0.05) is 22.3 Å². The van der Waals surface area contributed by atoms with Crippen molar-refractivity contribution in [1.29, 1.82) is 0 Å². The first kappa shape index (κ1) is 24.7. The Morgan fingerprint density at radius 1 is 1.40 bits per heavy atom. The number of carbonyl (C=O) groups is 3.